The van der Waals surface area contributed by atoms with Gasteiger partial charge in [0.25, 0.3) is 0 Å². The molecule has 1 heterocycles. The van der Waals surface area contributed by atoms with Gasteiger partial charge in [-0.1, -0.05) is 6.92 Å². The first-order chi connectivity index (χ1) is 8.13. The summed E-state index contributed by atoms with van der Waals surface area (Å²) in [5.74, 6) is 1.79. The zero-order chi connectivity index (χ0) is 12.4. The van der Waals surface area contributed by atoms with Gasteiger partial charge in [0, 0.05) is 12.5 Å². The van der Waals surface area contributed by atoms with Crippen LogP contribution in [0.5, 0.6) is 0 Å². The van der Waals surface area contributed by atoms with E-state index in [-0.39, 0.29) is 12.6 Å². The van der Waals surface area contributed by atoms with Crippen molar-refractivity contribution in [3.05, 3.63) is 11.8 Å². The number of hydrogen-bond donors (Lipinski definition) is 0. The van der Waals surface area contributed by atoms with Gasteiger partial charge in [-0.15, -0.1) is 0 Å². The summed E-state index contributed by atoms with van der Waals surface area (Å²) in [6.07, 6.45) is 4.09. The van der Waals surface area contributed by atoms with Gasteiger partial charge in [0.15, 0.2) is 6.29 Å². The monoisotopic (exact) mass is 240 g/mol. The Bertz CT molecular complexity index is 287. The maximum Gasteiger partial charge on any atom is 0.205 e. The zero-order valence-electron chi connectivity index (χ0n) is 11.3. The molecule has 4 unspecified atom stereocenters. The molecular weight excluding hydrogens is 216 g/mol. The van der Waals surface area contributed by atoms with Crippen molar-refractivity contribution in [2.24, 2.45) is 17.8 Å². The summed E-state index contributed by atoms with van der Waals surface area (Å²) in [5, 5.41) is 0. The van der Waals surface area contributed by atoms with Crippen LogP contribution in [0.4, 0.5) is 0 Å². The topological polar surface area (TPSA) is 27.7 Å². The highest BCUT2D eigenvalue weighted by atomic mass is 16.8. The van der Waals surface area contributed by atoms with E-state index in [4.69, 9.17) is 14.2 Å². The van der Waals surface area contributed by atoms with Crippen LogP contribution in [0.3, 0.4) is 0 Å². The molecule has 0 spiro atoms. The van der Waals surface area contributed by atoms with Crippen molar-refractivity contribution in [1.29, 1.82) is 0 Å². The summed E-state index contributed by atoms with van der Waals surface area (Å²) in [4.78, 5) is 0. The molecule has 2 aliphatic rings. The molecule has 3 heteroatoms. The van der Waals surface area contributed by atoms with Crippen LogP contribution in [-0.2, 0) is 14.2 Å². The molecule has 98 valence electrons. The minimum absolute atomic E-state index is 0.136. The third-order valence-corrected chi connectivity index (χ3v) is 4.07. The lowest BCUT2D eigenvalue weighted by Gasteiger charge is -2.36. The first-order valence-electron chi connectivity index (χ1n) is 6.72. The maximum atomic E-state index is 5.88. The van der Waals surface area contributed by atoms with E-state index in [1.165, 1.54) is 18.4 Å². The third-order valence-electron chi connectivity index (χ3n) is 4.07. The van der Waals surface area contributed by atoms with Gasteiger partial charge < -0.3 is 14.2 Å². The molecule has 0 amide bonds. The Morgan fingerprint density at radius 2 is 2.24 bits per heavy atom. The molecule has 0 N–H and O–H groups in total. The smallest absolute Gasteiger partial charge is 0.205 e. The Morgan fingerprint density at radius 1 is 1.47 bits per heavy atom. The minimum Gasteiger partial charge on any atom is -0.472 e. The zero-order valence-corrected chi connectivity index (χ0v) is 11.3. The molecule has 5 atom stereocenters. The summed E-state index contributed by atoms with van der Waals surface area (Å²) in [6, 6.07) is 0. The number of ether oxygens (including phenoxy) is 3. The fourth-order valence-electron chi connectivity index (χ4n) is 3.15. The first-order valence-corrected chi connectivity index (χ1v) is 6.72. The van der Waals surface area contributed by atoms with Crippen molar-refractivity contribution in [2.45, 2.75) is 53.1 Å². The van der Waals surface area contributed by atoms with Crippen LogP contribution in [0.1, 0.15) is 40.5 Å². The molecule has 1 aliphatic carbocycles. The van der Waals surface area contributed by atoms with Gasteiger partial charge in [0.2, 0.25) is 6.29 Å². The molecule has 0 aromatic heterocycles. The summed E-state index contributed by atoms with van der Waals surface area (Å²) < 4.78 is 17.0. The molecule has 0 radical (unpaired) electrons. The van der Waals surface area contributed by atoms with E-state index in [2.05, 4.69) is 13.8 Å². The van der Waals surface area contributed by atoms with E-state index < -0.39 is 0 Å². The van der Waals surface area contributed by atoms with Crippen molar-refractivity contribution in [2.75, 3.05) is 6.61 Å². The second-order valence-electron chi connectivity index (χ2n) is 5.26. The SMILES string of the molecule is CCOC(C)OC1OC=C(C)C2CCC(C)[C@@H]12. The van der Waals surface area contributed by atoms with Crippen LogP contribution in [0.2, 0.25) is 0 Å². The van der Waals surface area contributed by atoms with Crippen LogP contribution in [-0.4, -0.2) is 19.2 Å². The van der Waals surface area contributed by atoms with Crippen LogP contribution in [0.25, 0.3) is 0 Å². The predicted octanol–water partition coefficient (Wildman–Crippen LogP) is 3.31. The first kappa shape index (κ1) is 12.9. The van der Waals surface area contributed by atoms with Crippen LogP contribution in [0.15, 0.2) is 11.8 Å². The van der Waals surface area contributed by atoms with E-state index in [1.807, 2.05) is 20.1 Å². The average molecular weight is 240 g/mol. The van der Waals surface area contributed by atoms with Crippen LogP contribution < -0.4 is 0 Å². The molecule has 1 saturated carbocycles. The second-order valence-corrected chi connectivity index (χ2v) is 5.26. The van der Waals surface area contributed by atoms with E-state index in [0.29, 0.717) is 24.4 Å². The normalized spacial score (nSPS) is 38.2. The standard InChI is InChI=1S/C14H24O3/c1-5-15-11(4)17-14-13-9(2)6-7-12(13)10(3)8-16-14/h8-9,11-14H,5-7H2,1-4H3/t9?,11?,12?,13-,14?/m1/s1. The Balaban J connectivity index is 2.02. The van der Waals surface area contributed by atoms with Gasteiger partial charge in [0.05, 0.1) is 6.26 Å². The fraction of sp³-hybridized carbons (Fsp3) is 0.857. The summed E-state index contributed by atoms with van der Waals surface area (Å²) >= 11 is 0. The fourth-order valence-corrected chi connectivity index (χ4v) is 3.15. The molecule has 17 heavy (non-hydrogen) atoms. The molecule has 0 saturated heterocycles. The second kappa shape index (κ2) is 5.40. The molecular formula is C14H24O3. The van der Waals surface area contributed by atoms with Crippen molar-refractivity contribution in [1.82, 2.24) is 0 Å². The molecule has 1 aliphatic heterocycles. The highest BCUT2D eigenvalue weighted by Gasteiger charge is 2.44. The van der Waals surface area contributed by atoms with Gasteiger partial charge in [-0.2, -0.15) is 0 Å². The molecule has 2 rings (SSSR count). The highest BCUT2D eigenvalue weighted by Crippen LogP contribution is 2.46. The Labute approximate surface area is 104 Å². The van der Waals surface area contributed by atoms with Crippen LogP contribution in [0, 0.1) is 17.8 Å². The number of allylic oxidation sites excluding steroid dienone is 1. The Kier molecular flexibility index (Phi) is 4.10. The summed E-state index contributed by atoms with van der Waals surface area (Å²) in [5.41, 5.74) is 1.36. The van der Waals surface area contributed by atoms with Crippen molar-refractivity contribution in [3.8, 4) is 0 Å². The lowest BCUT2D eigenvalue weighted by Crippen LogP contribution is -2.38. The summed E-state index contributed by atoms with van der Waals surface area (Å²) in [7, 11) is 0. The van der Waals surface area contributed by atoms with Crippen molar-refractivity contribution >= 4 is 0 Å². The molecule has 3 nitrogen and oxygen atoms in total. The third kappa shape index (κ3) is 2.66. The molecule has 0 bridgehead atoms. The van der Waals surface area contributed by atoms with Gasteiger partial charge in [-0.3, -0.25) is 0 Å². The number of rotatable bonds is 4. The average Bonchev–Trinajstić information content (AvgIpc) is 2.66. The van der Waals surface area contributed by atoms with E-state index >= 15 is 0 Å². The van der Waals surface area contributed by atoms with Gasteiger partial charge in [0.1, 0.15) is 0 Å². The van der Waals surface area contributed by atoms with Gasteiger partial charge in [-0.25, -0.2) is 0 Å². The van der Waals surface area contributed by atoms with E-state index in [1.54, 1.807) is 0 Å². The lowest BCUT2D eigenvalue weighted by molar-refractivity contribution is -0.250. The molecule has 1 fully saturated rings. The van der Waals surface area contributed by atoms with Crippen LogP contribution >= 0.6 is 0 Å². The number of hydrogen-bond acceptors (Lipinski definition) is 3. The Hall–Kier alpha value is -0.540. The van der Waals surface area contributed by atoms with Gasteiger partial charge >= 0.3 is 0 Å². The van der Waals surface area contributed by atoms with E-state index in [0.717, 1.165) is 0 Å². The largest absolute Gasteiger partial charge is 0.472 e. The lowest BCUT2D eigenvalue weighted by atomic mass is 9.84. The van der Waals surface area contributed by atoms with E-state index in [9.17, 15) is 0 Å². The van der Waals surface area contributed by atoms with Crippen molar-refractivity contribution < 1.29 is 14.2 Å². The Morgan fingerprint density at radius 3 is 2.94 bits per heavy atom. The predicted molar refractivity (Wildman–Crippen MR) is 66.2 cm³/mol. The summed E-state index contributed by atoms with van der Waals surface area (Å²) in [6.45, 7) is 9.05. The van der Waals surface area contributed by atoms with Gasteiger partial charge in [-0.05, 0) is 51.0 Å². The highest BCUT2D eigenvalue weighted by molar-refractivity contribution is 5.09. The minimum atomic E-state index is -0.190. The number of fused-ring (bicyclic) bond motifs is 1. The molecule has 0 aromatic rings. The maximum absolute atomic E-state index is 5.88. The quantitative estimate of drug-likeness (QED) is 0.706. The molecule has 0 aromatic carbocycles. The van der Waals surface area contributed by atoms with Crippen molar-refractivity contribution in [3.63, 3.8) is 0 Å².